The molecular weight excluding hydrogens is 232 g/mol. The maximum absolute atomic E-state index is 10.6. The van der Waals surface area contributed by atoms with Gasteiger partial charge in [0.15, 0.2) is 0 Å². The van der Waals surface area contributed by atoms with Gasteiger partial charge in [0, 0.05) is 24.4 Å². The van der Waals surface area contributed by atoms with Crippen LogP contribution >= 0.6 is 0 Å². The van der Waals surface area contributed by atoms with Gasteiger partial charge in [0.2, 0.25) is 0 Å². The number of hydrogen-bond acceptors (Lipinski definition) is 4. The summed E-state index contributed by atoms with van der Waals surface area (Å²) in [7, 11) is 0. The maximum atomic E-state index is 10.6. The monoisotopic (exact) mass is 250 g/mol. The van der Waals surface area contributed by atoms with Crippen LogP contribution in [-0.2, 0) is 4.74 Å². The zero-order valence-corrected chi connectivity index (χ0v) is 10.3. The summed E-state index contributed by atoms with van der Waals surface area (Å²) in [5, 5.41) is 13.7. The minimum absolute atomic E-state index is 0.108. The fourth-order valence-corrected chi connectivity index (χ4v) is 2.21. The maximum Gasteiger partial charge on any atom is 0.271 e. The van der Waals surface area contributed by atoms with Gasteiger partial charge in [0.1, 0.15) is 0 Å². The van der Waals surface area contributed by atoms with Crippen molar-refractivity contribution >= 4 is 11.4 Å². The van der Waals surface area contributed by atoms with Crippen molar-refractivity contribution in [2.45, 2.75) is 31.8 Å². The fraction of sp³-hybridized carbons (Fsp3) is 0.538. The minimum atomic E-state index is -0.389. The lowest BCUT2D eigenvalue weighted by molar-refractivity contribution is -0.384. The van der Waals surface area contributed by atoms with Crippen LogP contribution < -0.4 is 5.32 Å². The Morgan fingerprint density at radius 1 is 1.39 bits per heavy atom. The van der Waals surface area contributed by atoms with Crippen molar-refractivity contribution in [3.05, 3.63) is 34.4 Å². The fourth-order valence-electron chi connectivity index (χ4n) is 2.21. The van der Waals surface area contributed by atoms with Crippen LogP contribution in [0.25, 0.3) is 0 Å². The third kappa shape index (κ3) is 3.70. The summed E-state index contributed by atoms with van der Waals surface area (Å²) >= 11 is 0. The Bertz CT molecular complexity index is 403. The predicted molar refractivity (Wildman–Crippen MR) is 69.8 cm³/mol. The van der Waals surface area contributed by atoms with Gasteiger partial charge in [-0.2, -0.15) is 0 Å². The molecular formula is C13H18N2O3. The van der Waals surface area contributed by atoms with Crippen molar-refractivity contribution in [1.82, 2.24) is 0 Å². The van der Waals surface area contributed by atoms with E-state index in [0.29, 0.717) is 19.3 Å². The highest BCUT2D eigenvalue weighted by Gasteiger charge is 2.14. The van der Waals surface area contributed by atoms with E-state index < -0.39 is 0 Å². The number of benzene rings is 1. The first-order chi connectivity index (χ1) is 8.75. The quantitative estimate of drug-likeness (QED) is 0.479. The van der Waals surface area contributed by atoms with Gasteiger partial charge in [-0.3, -0.25) is 10.1 Å². The average Bonchev–Trinajstić information content (AvgIpc) is 2.88. The van der Waals surface area contributed by atoms with Crippen LogP contribution in [0.3, 0.4) is 0 Å². The van der Waals surface area contributed by atoms with Gasteiger partial charge >= 0.3 is 0 Å². The lowest BCUT2D eigenvalue weighted by Crippen LogP contribution is -2.15. The van der Waals surface area contributed by atoms with E-state index in [2.05, 4.69) is 5.32 Å². The van der Waals surface area contributed by atoms with Crippen LogP contribution in [0.4, 0.5) is 11.4 Å². The lowest BCUT2D eigenvalue weighted by atomic mass is 10.3. The molecule has 0 atom stereocenters. The summed E-state index contributed by atoms with van der Waals surface area (Å²) in [6.45, 7) is 1.32. The first-order valence-electron chi connectivity index (χ1n) is 6.35. The van der Waals surface area contributed by atoms with Crippen LogP contribution in [0.5, 0.6) is 0 Å². The van der Waals surface area contributed by atoms with Crippen molar-refractivity contribution in [3.8, 4) is 0 Å². The standard InChI is InChI=1S/C13H18N2O3/c16-15(17)12-5-3-4-11(10-12)14-8-9-18-13-6-1-2-7-13/h3-5,10,13-14H,1-2,6-9H2. The molecule has 1 aliphatic rings. The molecule has 0 amide bonds. The van der Waals surface area contributed by atoms with Crippen LogP contribution in [0.2, 0.25) is 0 Å². The Morgan fingerprint density at radius 2 is 2.17 bits per heavy atom. The van der Waals surface area contributed by atoms with E-state index in [4.69, 9.17) is 4.74 Å². The summed E-state index contributed by atoms with van der Waals surface area (Å²) in [5.74, 6) is 0. The number of non-ortho nitro benzene ring substituents is 1. The number of nitrogens with one attached hydrogen (secondary N) is 1. The van der Waals surface area contributed by atoms with E-state index >= 15 is 0 Å². The zero-order chi connectivity index (χ0) is 12.8. The van der Waals surface area contributed by atoms with E-state index in [9.17, 15) is 10.1 Å². The first-order valence-corrected chi connectivity index (χ1v) is 6.35. The topological polar surface area (TPSA) is 64.4 Å². The third-order valence-electron chi connectivity index (χ3n) is 3.14. The van der Waals surface area contributed by atoms with E-state index in [0.717, 1.165) is 18.5 Å². The Kier molecular flexibility index (Phi) is 4.52. The van der Waals surface area contributed by atoms with Crippen molar-refractivity contribution in [2.75, 3.05) is 18.5 Å². The molecule has 1 N–H and O–H groups in total. The molecule has 5 heteroatoms. The van der Waals surface area contributed by atoms with Crippen LogP contribution in [0, 0.1) is 10.1 Å². The summed E-state index contributed by atoms with van der Waals surface area (Å²) in [4.78, 5) is 10.2. The van der Waals surface area contributed by atoms with Gasteiger partial charge in [0.05, 0.1) is 17.6 Å². The second-order valence-electron chi connectivity index (χ2n) is 4.51. The van der Waals surface area contributed by atoms with Crippen molar-refractivity contribution < 1.29 is 9.66 Å². The number of nitro groups is 1. The lowest BCUT2D eigenvalue weighted by Gasteiger charge is -2.11. The molecule has 1 saturated carbocycles. The molecule has 2 rings (SSSR count). The summed E-state index contributed by atoms with van der Waals surface area (Å²) in [6, 6.07) is 6.52. The number of ether oxygens (including phenoxy) is 1. The molecule has 0 aromatic heterocycles. The van der Waals surface area contributed by atoms with Crippen LogP contribution in [-0.4, -0.2) is 24.2 Å². The summed E-state index contributed by atoms with van der Waals surface area (Å²) < 4.78 is 5.71. The second kappa shape index (κ2) is 6.35. The molecule has 5 nitrogen and oxygen atoms in total. The van der Waals surface area contributed by atoms with Crippen LogP contribution in [0.1, 0.15) is 25.7 Å². The Hall–Kier alpha value is -1.62. The highest BCUT2D eigenvalue weighted by atomic mass is 16.6. The molecule has 0 aliphatic heterocycles. The minimum Gasteiger partial charge on any atom is -0.383 e. The predicted octanol–water partition coefficient (Wildman–Crippen LogP) is 2.97. The molecule has 18 heavy (non-hydrogen) atoms. The SMILES string of the molecule is O=[N+]([O-])c1cccc(NCCOC2CCCC2)c1. The summed E-state index contributed by atoms with van der Waals surface area (Å²) in [5.41, 5.74) is 0.871. The van der Waals surface area contributed by atoms with Crippen molar-refractivity contribution in [3.63, 3.8) is 0 Å². The number of nitro benzene ring substituents is 1. The van der Waals surface area contributed by atoms with E-state index in [1.165, 1.54) is 25.0 Å². The summed E-state index contributed by atoms with van der Waals surface area (Å²) in [6.07, 6.45) is 5.27. The molecule has 0 unspecified atom stereocenters. The molecule has 1 aliphatic carbocycles. The Morgan fingerprint density at radius 3 is 2.89 bits per heavy atom. The van der Waals surface area contributed by atoms with Gasteiger partial charge in [-0.1, -0.05) is 18.9 Å². The highest BCUT2D eigenvalue weighted by Crippen LogP contribution is 2.21. The number of anilines is 1. The zero-order valence-electron chi connectivity index (χ0n) is 10.3. The third-order valence-corrected chi connectivity index (χ3v) is 3.14. The molecule has 0 heterocycles. The number of hydrogen-bond donors (Lipinski definition) is 1. The molecule has 1 aromatic carbocycles. The van der Waals surface area contributed by atoms with E-state index in [1.54, 1.807) is 6.07 Å². The second-order valence-corrected chi connectivity index (χ2v) is 4.51. The molecule has 1 fully saturated rings. The van der Waals surface area contributed by atoms with Gasteiger partial charge < -0.3 is 10.1 Å². The normalized spacial score (nSPS) is 15.8. The smallest absolute Gasteiger partial charge is 0.271 e. The molecule has 0 radical (unpaired) electrons. The van der Waals surface area contributed by atoms with Crippen molar-refractivity contribution in [1.29, 1.82) is 0 Å². The van der Waals surface area contributed by atoms with Gasteiger partial charge in [-0.15, -0.1) is 0 Å². The van der Waals surface area contributed by atoms with Gasteiger partial charge in [0.25, 0.3) is 5.69 Å². The van der Waals surface area contributed by atoms with Crippen molar-refractivity contribution in [2.24, 2.45) is 0 Å². The van der Waals surface area contributed by atoms with E-state index in [-0.39, 0.29) is 10.6 Å². The Balaban J connectivity index is 1.72. The van der Waals surface area contributed by atoms with E-state index in [1.807, 2.05) is 6.07 Å². The molecule has 0 spiro atoms. The number of nitrogens with zero attached hydrogens (tertiary/aromatic N) is 1. The number of rotatable bonds is 6. The van der Waals surface area contributed by atoms with Crippen LogP contribution in [0.15, 0.2) is 24.3 Å². The Labute approximate surface area is 106 Å². The van der Waals surface area contributed by atoms with Gasteiger partial charge in [-0.05, 0) is 18.9 Å². The highest BCUT2D eigenvalue weighted by molar-refractivity contribution is 5.50. The average molecular weight is 250 g/mol. The largest absolute Gasteiger partial charge is 0.383 e. The first kappa shape index (κ1) is 12.8. The molecule has 98 valence electrons. The molecule has 1 aromatic rings. The molecule has 0 saturated heterocycles. The van der Waals surface area contributed by atoms with Gasteiger partial charge in [-0.25, -0.2) is 0 Å². The molecule has 0 bridgehead atoms.